The second kappa shape index (κ2) is 4.66. The number of hydrogen-bond donors (Lipinski definition) is 2. The van der Waals surface area contributed by atoms with Crippen molar-refractivity contribution in [3.05, 3.63) is 35.5 Å². The molecule has 3 nitrogen and oxygen atoms in total. The number of H-pyrrole nitrogens is 1. The number of aromatic amines is 1. The molecule has 1 aliphatic rings. The average Bonchev–Trinajstić information content (AvgIpc) is 2.86. The van der Waals surface area contributed by atoms with E-state index in [0.717, 1.165) is 32.5 Å². The third-order valence-electron chi connectivity index (χ3n) is 4.83. The zero-order chi connectivity index (χ0) is 13.5. The van der Waals surface area contributed by atoms with Crippen molar-refractivity contribution in [2.24, 2.45) is 5.73 Å². The van der Waals surface area contributed by atoms with Crippen molar-refractivity contribution in [2.45, 2.75) is 25.2 Å². The number of likely N-dealkylation sites (tertiary alicyclic amines) is 1. The standard InChI is InChI=1S/C16H23N3/c1-12-4-3-5-13-14(10-18-15(12)13)16(11-17)6-8-19(2)9-7-16/h3-5,10,18H,6-9,11,17H2,1-2H3. The topological polar surface area (TPSA) is 45.0 Å². The highest BCUT2D eigenvalue weighted by molar-refractivity contribution is 5.87. The quantitative estimate of drug-likeness (QED) is 0.867. The van der Waals surface area contributed by atoms with Gasteiger partial charge in [-0.2, -0.15) is 0 Å². The molecule has 0 atom stereocenters. The number of aromatic nitrogens is 1. The van der Waals surface area contributed by atoms with E-state index in [9.17, 15) is 0 Å². The molecule has 1 aliphatic heterocycles. The van der Waals surface area contributed by atoms with Crippen molar-refractivity contribution in [3.63, 3.8) is 0 Å². The maximum absolute atomic E-state index is 6.17. The summed E-state index contributed by atoms with van der Waals surface area (Å²) in [7, 11) is 2.19. The Morgan fingerprint density at radius 3 is 2.74 bits per heavy atom. The molecule has 1 aromatic heterocycles. The Labute approximate surface area is 114 Å². The van der Waals surface area contributed by atoms with Crippen LogP contribution in [0.15, 0.2) is 24.4 Å². The average molecular weight is 257 g/mol. The molecule has 2 heterocycles. The summed E-state index contributed by atoms with van der Waals surface area (Å²) in [4.78, 5) is 5.85. The van der Waals surface area contributed by atoms with E-state index in [4.69, 9.17) is 5.73 Å². The minimum Gasteiger partial charge on any atom is -0.361 e. The Kier molecular flexibility index (Phi) is 3.11. The smallest absolute Gasteiger partial charge is 0.0486 e. The van der Waals surface area contributed by atoms with Crippen molar-refractivity contribution in [3.8, 4) is 0 Å². The normalized spacial score (nSPS) is 19.9. The minimum absolute atomic E-state index is 0.151. The fraction of sp³-hybridized carbons (Fsp3) is 0.500. The van der Waals surface area contributed by atoms with Crippen LogP contribution in [0.5, 0.6) is 0 Å². The first-order valence-electron chi connectivity index (χ1n) is 7.12. The molecular formula is C16H23N3. The molecule has 0 radical (unpaired) electrons. The molecule has 102 valence electrons. The Morgan fingerprint density at radius 2 is 2.05 bits per heavy atom. The molecule has 3 heteroatoms. The van der Waals surface area contributed by atoms with Gasteiger partial charge in [-0.3, -0.25) is 0 Å². The molecule has 3 N–H and O–H groups in total. The van der Waals surface area contributed by atoms with Gasteiger partial charge in [0.2, 0.25) is 0 Å². The molecule has 3 rings (SSSR count). The Bertz CT molecular complexity index is 577. The summed E-state index contributed by atoms with van der Waals surface area (Å²) < 4.78 is 0. The highest BCUT2D eigenvalue weighted by Gasteiger charge is 2.35. The maximum atomic E-state index is 6.17. The summed E-state index contributed by atoms with van der Waals surface area (Å²) in [6.07, 6.45) is 4.50. The van der Waals surface area contributed by atoms with Gasteiger partial charge in [-0.25, -0.2) is 0 Å². The molecule has 0 spiro atoms. The number of rotatable bonds is 2. The first kappa shape index (κ1) is 12.7. The van der Waals surface area contributed by atoms with Gasteiger partial charge in [0.15, 0.2) is 0 Å². The van der Waals surface area contributed by atoms with Crippen molar-refractivity contribution < 1.29 is 0 Å². The summed E-state index contributed by atoms with van der Waals surface area (Å²) in [5.74, 6) is 0. The second-order valence-electron chi connectivity index (χ2n) is 5.99. The summed E-state index contributed by atoms with van der Waals surface area (Å²) in [6, 6.07) is 6.53. The highest BCUT2D eigenvalue weighted by atomic mass is 15.1. The minimum atomic E-state index is 0.151. The van der Waals surface area contributed by atoms with Crippen LogP contribution >= 0.6 is 0 Å². The van der Waals surface area contributed by atoms with E-state index in [1.54, 1.807) is 0 Å². The SMILES string of the molecule is Cc1cccc2c(C3(CN)CCN(C)CC3)c[nH]c12. The monoisotopic (exact) mass is 257 g/mol. The first-order chi connectivity index (χ1) is 9.16. The highest BCUT2D eigenvalue weighted by Crippen LogP contribution is 2.38. The largest absolute Gasteiger partial charge is 0.361 e. The van der Waals surface area contributed by atoms with Gasteiger partial charge in [0, 0.05) is 29.1 Å². The van der Waals surface area contributed by atoms with Crippen LogP contribution in [0.1, 0.15) is 24.0 Å². The number of benzene rings is 1. The number of hydrogen-bond acceptors (Lipinski definition) is 2. The molecule has 1 saturated heterocycles. The number of nitrogens with two attached hydrogens (primary N) is 1. The Balaban J connectivity index is 2.09. The number of aryl methyl sites for hydroxylation is 1. The third kappa shape index (κ3) is 1.97. The molecule has 0 unspecified atom stereocenters. The van der Waals surface area contributed by atoms with Crippen molar-refractivity contribution in [2.75, 3.05) is 26.7 Å². The van der Waals surface area contributed by atoms with Crippen LogP contribution in [-0.2, 0) is 5.41 Å². The second-order valence-corrected chi connectivity index (χ2v) is 5.99. The number of nitrogens with zero attached hydrogens (tertiary/aromatic N) is 1. The maximum Gasteiger partial charge on any atom is 0.0486 e. The lowest BCUT2D eigenvalue weighted by Crippen LogP contribution is -2.45. The third-order valence-corrected chi connectivity index (χ3v) is 4.83. The number of fused-ring (bicyclic) bond motifs is 1. The molecular weight excluding hydrogens is 234 g/mol. The van der Waals surface area contributed by atoms with E-state index >= 15 is 0 Å². The lowest BCUT2D eigenvalue weighted by atomic mass is 9.73. The molecule has 0 bridgehead atoms. The lowest BCUT2D eigenvalue weighted by Gasteiger charge is -2.40. The van der Waals surface area contributed by atoms with Crippen molar-refractivity contribution >= 4 is 10.9 Å². The van der Waals surface area contributed by atoms with Gasteiger partial charge < -0.3 is 15.6 Å². The molecule has 0 aliphatic carbocycles. The summed E-state index contributed by atoms with van der Waals surface area (Å²) in [5, 5.41) is 1.36. The van der Waals surface area contributed by atoms with E-state index in [1.165, 1.54) is 22.0 Å². The zero-order valence-electron chi connectivity index (χ0n) is 11.9. The van der Waals surface area contributed by atoms with E-state index < -0.39 is 0 Å². The number of piperidine rings is 1. The van der Waals surface area contributed by atoms with E-state index in [-0.39, 0.29) is 5.41 Å². The molecule has 2 aromatic rings. The van der Waals surface area contributed by atoms with E-state index in [1.807, 2.05) is 0 Å². The lowest BCUT2D eigenvalue weighted by molar-refractivity contribution is 0.193. The van der Waals surface area contributed by atoms with Gasteiger partial charge in [0.1, 0.15) is 0 Å². The molecule has 1 aromatic carbocycles. The molecule has 1 fully saturated rings. The van der Waals surface area contributed by atoms with Crippen LogP contribution < -0.4 is 5.73 Å². The fourth-order valence-corrected chi connectivity index (χ4v) is 3.37. The molecule has 19 heavy (non-hydrogen) atoms. The van der Waals surface area contributed by atoms with Gasteiger partial charge in [0.25, 0.3) is 0 Å². The van der Waals surface area contributed by atoms with Crippen LogP contribution in [0.2, 0.25) is 0 Å². The Morgan fingerprint density at radius 1 is 1.32 bits per heavy atom. The number of para-hydroxylation sites is 1. The summed E-state index contributed by atoms with van der Waals surface area (Å²) in [6.45, 7) is 5.17. The van der Waals surface area contributed by atoms with Crippen molar-refractivity contribution in [1.29, 1.82) is 0 Å². The van der Waals surface area contributed by atoms with Gasteiger partial charge in [-0.15, -0.1) is 0 Å². The molecule has 0 amide bonds. The van der Waals surface area contributed by atoms with Gasteiger partial charge in [0.05, 0.1) is 0 Å². The number of nitrogens with one attached hydrogen (secondary N) is 1. The predicted molar refractivity (Wildman–Crippen MR) is 80.5 cm³/mol. The predicted octanol–water partition coefficient (Wildman–Crippen LogP) is 2.40. The van der Waals surface area contributed by atoms with E-state index in [0.29, 0.717) is 0 Å². The van der Waals surface area contributed by atoms with Gasteiger partial charge in [-0.1, -0.05) is 18.2 Å². The summed E-state index contributed by atoms with van der Waals surface area (Å²) >= 11 is 0. The van der Waals surface area contributed by atoms with Crippen LogP contribution in [0.25, 0.3) is 10.9 Å². The van der Waals surface area contributed by atoms with Crippen LogP contribution in [0.3, 0.4) is 0 Å². The van der Waals surface area contributed by atoms with Gasteiger partial charge in [-0.05, 0) is 51.0 Å². The summed E-state index contributed by atoms with van der Waals surface area (Å²) in [5.41, 5.74) is 10.3. The van der Waals surface area contributed by atoms with Crippen LogP contribution in [0, 0.1) is 6.92 Å². The first-order valence-corrected chi connectivity index (χ1v) is 7.12. The van der Waals surface area contributed by atoms with Crippen LogP contribution in [0.4, 0.5) is 0 Å². The van der Waals surface area contributed by atoms with Gasteiger partial charge >= 0.3 is 0 Å². The Hall–Kier alpha value is -1.32. The molecule has 0 saturated carbocycles. The van der Waals surface area contributed by atoms with E-state index in [2.05, 4.69) is 48.3 Å². The zero-order valence-corrected chi connectivity index (χ0v) is 11.9. The van der Waals surface area contributed by atoms with Crippen molar-refractivity contribution in [1.82, 2.24) is 9.88 Å². The fourth-order valence-electron chi connectivity index (χ4n) is 3.37. The van der Waals surface area contributed by atoms with Crippen LogP contribution in [-0.4, -0.2) is 36.6 Å².